The van der Waals surface area contributed by atoms with Crippen LogP contribution in [0.2, 0.25) is 0 Å². The van der Waals surface area contributed by atoms with Crippen LogP contribution in [0.5, 0.6) is 0 Å². The Morgan fingerprint density at radius 2 is 2.39 bits per heavy atom. The van der Waals surface area contributed by atoms with Crippen LogP contribution in [-0.2, 0) is 0 Å². The second kappa shape index (κ2) is 7.27. The smallest absolute Gasteiger partial charge is 0.0438 e. The first kappa shape index (κ1) is 14.0. The lowest BCUT2D eigenvalue weighted by atomic mass is 9.98. The minimum Gasteiger partial charge on any atom is -0.316 e. The van der Waals surface area contributed by atoms with Crippen molar-refractivity contribution in [2.24, 2.45) is 5.92 Å². The van der Waals surface area contributed by atoms with E-state index in [0.29, 0.717) is 6.04 Å². The Hall–Kier alpha value is -0.380. The van der Waals surface area contributed by atoms with Gasteiger partial charge in [0.15, 0.2) is 0 Å². The minimum absolute atomic E-state index is 0.622. The Morgan fingerprint density at radius 1 is 1.50 bits per heavy atom. The molecule has 3 heteroatoms. The lowest BCUT2D eigenvalue weighted by molar-refractivity contribution is 0.159. The summed E-state index contributed by atoms with van der Waals surface area (Å²) < 4.78 is 0. The van der Waals surface area contributed by atoms with Crippen LogP contribution < -0.4 is 5.32 Å². The van der Waals surface area contributed by atoms with E-state index in [1.54, 1.807) is 0 Å². The van der Waals surface area contributed by atoms with E-state index < -0.39 is 0 Å². The lowest BCUT2D eigenvalue weighted by Gasteiger charge is -2.34. The molecule has 1 fully saturated rings. The molecular weight excluding hydrogens is 240 g/mol. The predicted octanol–water partition coefficient (Wildman–Crippen LogP) is 3.52. The second-order valence-electron chi connectivity index (χ2n) is 5.24. The Morgan fingerprint density at radius 3 is 2.94 bits per heavy atom. The zero-order valence-electron chi connectivity index (χ0n) is 11.7. The van der Waals surface area contributed by atoms with Gasteiger partial charge in [0.2, 0.25) is 0 Å². The van der Waals surface area contributed by atoms with Gasteiger partial charge in [-0.05, 0) is 56.3 Å². The van der Waals surface area contributed by atoms with Crippen molar-refractivity contribution in [3.8, 4) is 0 Å². The van der Waals surface area contributed by atoms with E-state index in [1.165, 1.54) is 43.8 Å². The average molecular weight is 266 g/mol. The molecule has 0 aliphatic carbocycles. The van der Waals surface area contributed by atoms with Gasteiger partial charge in [-0.25, -0.2) is 0 Å². The number of nitrogens with zero attached hydrogens (tertiary/aromatic N) is 1. The van der Waals surface area contributed by atoms with Crippen molar-refractivity contribution in [3.05, 3.63) is 22.4 Å². The summed E-state index contributed by atoms with van der Waals surface area (Å²) in [6, 6.07) is 5.09. The summed E-state index contributed by atoms with van der Waals surface area (Å²) in [7, 11) is 0. The average Bonchev–Trinajstić information content (AvgIpc) is 2.93. The maximum Gasteiger partial charge on any atom is 0.0438 e. The summed E-state index contributed by atoms with van der Waals surface area (Å²) in [5.41, 5.74) is 0. The molecule has 0 saturated carbocycles. The van der Waals surface area contributed by atoms with E-state index in [4.69, 9.17) is 0 Å². The van der Waals surface area contributed by atoms with Gasteiger partial charge >= 0.3 is 0 Å². The van der Waals surface area contributed by atoms with Crippen molar-refractivity contribution in [2.45, 2.75) is 39.2 Å². The van der Waals surface area contributed by atoms with Gasteiger partial charge in [0.1, 0.15) is 0 Å². The highest BCUT2D eigenvalue weighted by Crippen LogP contribution is 2.29. The fourth-order valence-electron chi connectivity index (χ4n) is 3.01. The van der Waals surface area contributed by atoms with Crippen LogP contribution in [-0.4, -0.2) is 31.1 Å². The zero-order chi connectivity index (χ0) is 12.8. The van der Waals surface area contributed by atoms with E-state index >= 15 is 0 Å². The van der Waals surface area contributed by atoms with Crippen LogP contribution in [0, 0.1) is 5.92 Å². The topological polar surface area (TPSA) is 15.3 Å². The number of hydrogen-bond acceptors (Lipinski definition) is 3. The highest BCUT2D eigenvalue weighted by molar-refractivity contribution is 7.10. The highest BCUT2D eigenvalue weighted by Gasteiger charge is 2.22. The highest BCUT2D eigenvalue weighted by atomic mass is 32.1. The standard InChI is InChI=1S/C15H26N2S/c1-3-14(15-8-6-10-18-15)17(4-2)12-13-7-5-9-16-11-13/h6,8,10,13-14,16H,3-5,7,9,11-12H2,1-2H3. The summed E-state index contributed by atoms with van der Waals surface area (Å²) in [6.45, 7) is 9.44. The molecule has 1 aromatic rings. The normalized spacial score (nSPS) is 22.3. The van der Waals surface area contributed by atoms with E-state index in [9.17, 15) is 0 Å². The molecule has 2 rings (SSSR count). The van der Waals surface area contributed by atoms with Crippen LogP contribution in [0.25, 0.3) is 0 Å². The van der Waals surface area contributed by atoms with Crippen molar-refractivity contribution < 1.29 is 0 Å². The minimum atomic E-state index is 0.622. The fraction of sp³-hybridized carbons (Fsp3) is 0.733. The Kier molecular flexibility index (Phi) is 5.67. The van der Waals surface area contributed by atoms with Gasteiger partial charge < -0.3 is 5.32 Å². The third kappa shape index (κ3) is 3.56. The zero-order valence-corrected chi connectivity index (χ0v) is 12.5. The maximum absolute atomic E-state index is 3.53. The number of nitrogens with one attached hydrogen (secondary N) is 1. The van der Waals surface area contributed by atoms with Gasteiger partial charge in [-0.15, -0.1) is 11.3 Å². The largest absolute Gasteiger partial charge is 0.316 e. The fourth-order valence-corrected chi connectivity index (χ4v) is 3.95. The first-order valence-corrected chi connectivity index (χ1v) is 8.21. The molecule has 0 aromatic carbocycles. The molecule has 1 N–H and O–H groups in total. The predicted molar refractivity (Wildman–Crippen MR) is 80.2 cm³/mol. The molecule has 102 valence electrons. The van der Waals surface area contributed by atoms with Gasteiger partial charge in [0, 0.05) is 17.5 Å². The van der Waals surface area contributed by atoms with Gasteiger partial charge in [0.05, 0.1) is 0 Å². The molecule has 1 aromatic heterocycles. The Balaban J connectivity index is 1.97. The molecular formula is C15H26N2S. The van der Waals surface area contributed by atoms with E-state index in [1.807, 2.05) is 11.3 Å². The SMILES string of the molecule is CCC(c1cccs1)N(CC)CC1CCCNC1. The molecule has 0 bridgehead atoms. The van der Waals surface area contributed by atoms with Gasteiger partial charge in [-0.3, -0.25) is 4.90 Å². The molecule has 18 heavy (non-hydrogen) atoms. The third-order valence-electron chi connectivity index (χ3n) is 4.00. The van der Waals surface area contributed by atoms with Crippen LogP contribution >= 0.6 is 11.3 Å². The molecule has 0 spiro atoms. The van der Waals surface area contributed by atoms with Gasteiger partial charge in [0.25, 0.3) is 0 Å². The molecule has 0 radical (unpaired) electrons. The van der Waals surface area contributed by atoms with Crippen molar-refractivity contribution >= 4 is 11.3 Å². The quantitative estimate of drug-likeness (QED) is 0.847. The molecule has 1 aliphatic rings. The first-order valence-electron chi connectivity index (χ1n) is 7.33. The number of rotatable bonds is 6. The second-order valence-corrected chi connectivity index (χ2v) is 6.22. The van der Waals surface area contributed by atoms with Crippen molar-refractivity contribution in [2.75, 3.05) is 26.2 Å². The van der Waals surface area contributed by atoms with E-state index in [2.05, 4.69) is 41.6 Å². The summed E-state index contributed by atoms with van der Waals surface area (Å²) in [5.74, 6) is 0.840. The molecule has 0 amide bonds. The number of thiophene rings is 1. The van der Waals surface area contributed by atoms with E-state index in [-0.39, 0.29) is 0 Å². The Bertz CT molecular complexity index is 317. The van der Waals surface area contributed by atoms with Crippen molar-refractivity contribution in [3.63, 3.8) is 0 Å². The summed E-state index contributed by atoms with van der Waals surface area (Å²) in [5, 5.41) is 5.73. The van der Waals surface area contributed by atoms with Crippen molar-refractivity contribution in [1.82, 2.24) is 10.2 Å². The van der Waals surface area contributed by atoms with Gasteiger partial charge in [-0.1, -0.05) is 19.9 Å². The van der Waals surface area contributed by atoms with Crippen LogP contribution in [0.15, 0.2) is 17.5 Å². The molecule has 2 heterocycles. The summed E-state index contributed by atoms with van der Waals surface area (Å²) in [6.07, 6.45) is 3.96. The van der Waals surface area contributed by atoms with Gasteiger partial charge in [-0.2, -0.15) is 0 Å². The first-order chi connectivity index (χ1) is 8.85. The third-order valence-corrected chi connectivity index (χ3v) is 4.97. The van der Waals surface area contributed by atoms with Crippen LogP contribution in [0.4, 0.5) is 0 Å². The van der Waals surface area contributed by atoms with E-state index in [0.717, 1.165) is 12.5 Å². The van der Waals surface area contributed by atoms with Crippen LogP contribution in [0.3, 0.4) is 0 Å². The molecule has 2 nitrogen and oxygen atoms in total. The Labute approximate surface area is 115 Å². The molecule has 1 saturated heterocycles. The lowest BCUT2D eigenvalue weighted by Crippen LogP contribution is -2.39. The molecule has 1 aliphatic heterocycles. The maximum atomic E-state index is 3.53. The summed E-state index contributed by atoms with van der Waals surface area (Å²) >= 11 is 1.90. The van der Waals surface area contributed by atoms with Crippen LogP contribution in [0.1, 0.15) is 44.0 Å². The molecule has 2 unspecified atom stereocenters. The monoisotopic (exact) mass is 266 g/mol. The molecule has 2 atom stereocenters. The van der Waals surface area contributed by atoms with Crippen molar-refractivity contribution in [1.29, 1.82) is 0 Å². The number of hydrogen-bond donors (Lipinski definition) is 1. The summed E-state index contributed by atoms with van der Waals surface area (Å²) in [4.78, 5) is 4.20. The number of piperidine rings is 1.